The normalized spacial score (nSPS) is 10.8. The van der Waals surface area contributed by atoms with Crippen LogP contribution in [0.15, 0.2) is 18.2 Å². The monoisotopic (exact) mass is 177 g/mol. The second-order valence-corrected chi connectivity index (χ2v) is 4.28. The van der Waals surface area contributed by atoms with E-state index >= 15 is 0 Å². The minimum atomic E-state index is 0.952. The van der Waals surface area contributed by atoms with E-state index in [1.54, 1.807) is 11.3 Å². The second kappa shape index (κ2) is 2.49. The van der Waals surface area contributed by atoms with Gasteiger partial charge < -0.3 is 5.73 Å². The minimum Gasteiger partial charge on any atom is -0.397 e. The molecular weight excluding hydrogens is 166 g/mol. The summed E-state index contributed by atoms with van der Waals surface area (Å²) in [6.07, 6.45) is 0. The molecule has 0 aliphatic heterocycles. The third kappa shape index (κ3) is 0.916. The Morgan fingerprint density at radius 3 is 2.67 bits per heavy atom. The van der Waals surface area contributed by atoms with Crippen LogP contribution in [0, 0.1) is 13.8 Å². The van der Waals surface area contributed by atoms with Crippen LogP contribution in [0.3, 0.4) is 0 Å². The first kappa shape index (κ1) is 7.62. The van der Waals surface area contributed by atoms with Crippen LogP contribution < -0.4 is 5.73 Å². The van der Waals surface area contributed by atoms with Gasteiger partial charge in [-0.05, 0) is 25.5 Å². The van der Waals surface area contributed by atoms with Crippen LogP contribution in [0.2, 0.25) is 0 Å². The number of nitrogen functional groups attached to an aromatic ring is 1. The molecule has 2 N–H and O–H groups in total. The Hall–Kier alpha value is -1.02. The SMILES string of the molecule is Cc1sc2cccc(C)c2c1N. The fourth-order valence-electron chi connectivity index (χ4n) is 1.47. The van der Waals surface area contributed by atoms with E-state index in [0.29, 0.717) is 0 Å². The summed E-state index contributed by atoms with van der Waals surface area (Å²) in [5.74, 6) is 0. The van der Waals surface area contributed by atoms with Crippen molar-refractivity contribution in [2.24, 2.45) is 0 Å². The Kier molecular flexibility index (Phi) is 1.58. The molecule has 0 amide bonds. The number of rotatable bonds is 0. The van der Waals surface area contributed by atoms with E-state index in [0.717, 1.165) is 5.69 Å². The maximum absolute atomic E-state index is 5.95. The van der Waals surface area contributed by atoms with Crippen molar-refractivity contribution in [2.75, 3.05) is 5.73 Å². The molecule has 0 aliphatic carbocycles. The Labute approximate surface area is 75.8 Å². The fraction of sp³-hybridized carbons (Fsp3) is 0.200. The molecule has 0 saturated heterocycles. The van der Waals surface area contributed by atoms with Crippen molar-refractivity contribution < 1.29 is 0 Å². The van der Waals surface area contributed by atoms with Crippen LogP contribution in [-0.2, 0) is 0 Å². The number of nitrogens with two attached hydrogens (primary N) is 1. The van der Waals surface area contributed by atoms with Gasteiger partial charge in [0.2, 0.25) is 0 Å². The van der Waals surface area contributed by atoms with Gasteiger partial charge in [-0.3, -0.25) is 0 Å². The maximum Gasteiger partial charge on any atom is 0.0535 e. The van der Waals surface area contributed by atoms with E-state index in [2.05, 4.69) is 32.0 Å². The van der Waals surface area contributed by atoms with Crippen LogP contribution in [0.1, 0.15) is 10.4 Å². The molecule has 0 bridgehead atoms. The Bertz CT molecular complexity index is 429. The van der Waals surface area contributed by atoms with Crippen molar-refractivity contribution in [3.63, 3.8) is 0 Å². The number of hydrogen-bond donors (Lipinski definition) is 1. The van der Waals surface area contributed by atoms with Crippen molar-refractivity contribution >= 4 is 27.1 Å². The van der Waals surface area contributed by atoms with Gasteiger partial charge in [0, 0.05) is 15.0 Å². The first-order valence-corrected chi connectivity index (χ1v) is 4.76. The first-order chi connectivity index (χ1) is 5.70. The van der Waals surface area contributed by atoms with Crippen LogP contribution >= 0.6 is 11.3 Å². The van der Waals surface area contributed by atoms with E-state index in [1.807, 2.05) is 0 Å². The molecule has 2 heteroatoms. The fourth-order valence-corrected chi connectivity index (χ4v) is 2.53. The van der Waals surface area contributed by atoms with E-state index < -0.39 is 0 Å². The summed E-state index contributed by atoms with van der Waals surface area (Å²) in [6, 6.07) is 6.30. The molecule has 0 aliphatic rings. The highest BCUT2D eigenvalue weighted by atomic mass is 32.1. The molecule has 0 unspecified atom stereocenters. The molecule has 0 radical (unpaired) electrons. The van der Waals surface area contributed by atoms with E-state index in [9.17, 15) is 0 Å². The topological polar surface area (TPSA) is 26.0 Å². The van der Waals surface area contributed by atoms with Gasteiger partial charge in [0.15, 0.2) is 0 Å². The molecule has 2 rings (SSSR count). The largest absolute Gasteiger partial charge is 0.397 e. The van der Waals surface area contributed by atoms with E-state index in [4.69, 9.17) is 5.73 Å². The predicted molar refractivity (Wildman–Crippen MR) is 55.7 cm³/mol. The second-order valence-electron chi connectivity index (χ2n) is 3.02. The van der Waals surface area contributed by atoms with Gasteiger partial charge >= 0.3 is 0 Å². The lowest BCUT2D eigenvalue weighted by Crippen LogP contribution is -1.85. The molecule has 2 aromatic rings. The first-order valence-electron chi connectivity index (χ1n) is 3.94. The lowest BCUT2D eigenvalue weighted by atomic mass is 10.1. The Morgan fingerprint density at radius 2 is 2.00 bits per heavy atom. The molecule has 0 saturated carbocycles. The third-order valence-electron chi connectivity index (χ3n) is 2.15. The van der Waals surface area contributed by atoms with Gasteiger partial charge in [0.25, 0.3) is 0 Å². The van der Waals surface area contributed by atoms with Crippen molar-refractivity contribution in [1.29, 1.82) is 0 Å². The summed E-state index contributed by atoms with van der Waals surface area (Å²) in [4.78, 5) is 1.22. The average molecular weight is 177 g/mol. The van der Waals surface area contributed by atoms with Crippen molar-refractivity contribution in [1.82, 2.24) is 0 Å². The summed E-state index contributed by atoms with van der Waals surface area (Å²) in [5, 5.41) is 1.24. The quantitative estimate of drug-likeness (QED) is 0.657. The number of hydrogen-bond acceptors (Lipinski definition) is 2. The zero-order valence-corrected chi connectivity index (χ0v) is 8.03. The van der Waals surface area contributed by atoms with Gasteiger partial charge in [-0.2, -0.15) is 0 Å². The number of thiophene rings is 1. The lowest BCUT2D eigenvalue weighted by molar-refractivity contribution is 1.54. The number of benzene rings is 1. The molecule has 0 atom stereocenters. The molecule has 62 valence electrons. The van der Waals surface area contributed by atoms with Crippen LogP contribution in [-0.4, -0.2) is 0 Å². The van der Waals surface area contributed by atoms with Crippen molar-refractivity contribution in [3.05, 3.63) is 28.6 Å². The molecule has 1 aromatic carbocycles. The minimum absolute atomic E-state index is 0.952. The number of fused-ring (bicyclic) bond motifs is 1. The highest BCUT2D eigenvalue weighted by molar-refractivity contribution is 7.19. The smallest absolute Gasteiger partial charge is 0.0535 e. The molecule has 1 nitrogen and oxygen atoms in total. The van der Waals surface area contributed by atoms with Crippen molar-refractivity contribution in [3.8, 4) is 0 Å². The zero-order valence-electron chi connectivity index (χ0n) is 7.22. The van der Waals surface area contributed by atoms with Gasteiger partial charge in [0.05, 0.1) is 5.69 Å². The molecule has 12 heavy (non-hydrogen) atoms. The molecule has 1 heterocycles. The van der Waals surface area contributed by atoms with Gasteiger partial charge in [-0.15, -0.1) is 11.3 Å². The number of aryl methyl sites for hydroxylation is 2. The highest BCUT2D eigenvalue weighted by Crippen LogP contribution is 2.34. The van der Waals surface area contributed by atoms with Crippen LogP contribution in [0.5, 0.6) is 0 Å². The summed E-state index contributed by atoms with van der Waals surface area (Å²) in [5.41, 5.74) is 8.17. The van der Waals surface area contributed by atoms with Crippen LogP contribution in [0.25, 0.3) is 10.1 Å². The summed E-state index contributed by atoms with van der Waals surface area (Å²) < 4.78 is 1.30. The Balaban J connectivity index is 2.97. The average Bonchev–Trinajstić information content (AvgIpc) is 2.29. The third-order valence-corrected chi connectivity index (χ3v) is 3.23. The summed E-state index contributed by atoms with van der Waals surface area (Å²) in [6.45, 7) is 4.17. The van der Waals surface area contributed by atoms with Crippen LogP contribution in [0.4, 0.5) is 5.69 Å². The van der Waals surface area contributed by atoms with Gasteiger partial charge in [0.1, 0.15) is 0 Å². The van der Waals surface area contributed by atoms with E-state index in [1.165, 1.54) is 20.5 Å². The predicted octanol–water partition coefficient (Wildman–Crippen LogP) is 3.10. The summed E-state index contributed by atoms with van der Waals surface area (Å²) in [7, 11) is 0. The number of anilines is 1. The van der Waals surface area contributed by atoms with Gasteiger partial charge in [-0.1, -0.05) is 12.1 Å². The maximum atomic E-state index is 5.95. The lowest BCUT2D eigenvalue weighted by Gasteiger charge is -1.96. The molecule has 0 fully saturated rings. The summed E-state index contributed by atoms with van der Waals surface area (Å²) >= 11 is 1.77. The highest BCUT2D eigenvalue weighted by Gasteiger charge is 2.06. The van der Waals surface area contributed by atoms with E-state index in [-0.39, 0.29) is 0 Å². The standard InChI is InChI=1S/C10H11NS/c1-6-4-3-5-8-9(6)10(11)7(2)12-8/h3-5H,11H2,1-2H3. The molecule has 1 aromatic heterocycles. The van der Waals surface area contributed by atoms with Gasteiger partial charge in [-0.25, -0.2) is 0 Å². The Morgan fingerprint density at radius 1 is 1.25 bits per heavy atom. The molecular formula is C10H11NS. The van der Waals surface area contributed by atoms with Crippen molar-refractivity contribution in [2.45, 2.75) is 13.8 Å². The zero-order chi connectivity index (χ0) is 8.72. The molecule has 0 spiro atoms.